The summed E-state index contributed by atoms with van der Waals surface area (Å²) in [4.78, 5) is 13.0. The number of amides is 1. The maximum atomic E-state index is 13.0. The van der Waals surface area contributed by atoms with E-state index in [9.17, 15) is 4.79 Å². The van der Waals surface area contributed by atoms with Gasteiger partial charge in [0.15, 0.2) is 6.73 Å². The Kier molecular flexibility index (Phi) is 6.93. The summed E-state index contributed by atoms with van der Waals surface area (Å²) in [5.41, 5.74) is 3.47. The Bertz CT molecular complexity index is 1300. The van der Waals surface area contributed by atoms with Gasteiger partial charge in [-0.2, -0.15) is 10.2 Å². The van der Waals surface area contributed by atoms with Crippen molar-refractivity contribution in [2.45, 2.75) is 27.1 Å². The highest BCUT2D eigenvalue weighted by Crippen LogP contribution is 2.25. The summed E-state index contributed by atoms with van der Waals surface area (Å²) in [5.74, 6) is 0.309. The number of nitrogens with one attached hydrogen (secondary N) is 1. The molecule has 0 aliphatic heterocycles. The van der Waals surface area contributed by atoms with Crippen molar-refractivity contribution in [3.63, 3.8) is 0 Å². The lowest BCUT2D eigenvalue weighted by Crippen LogP contribution is -2.20. The van der Waals surface area contributed by atoms with E-state index < -0.39 is 0 Å². The fourth-order valence-corrected chi connectivity index (χ4v) is 3.76. The third-order valence-electron chi connectivity index (χ3n) is 5.05. The lowest BCUT2D eigenvalue weighted by Gasteiger charge is -2.11. The molecule has 1 N–H and O–H groups in total. The first-order chi connectivity index (χ1) is 15.8. The molecule has 7 nitrogen and oxygen atoms in total. The molecule has 1 amide bonds. The predicted octanol–water partition coefficient (Wildman–Crippen LogP) is 5.99. The van der Waals surface area contributed by atoms with E-state index in [1.807, 2.05) is 24.6 Å². The van der Waals surface area contributed by atoms with Crippen molar-refractivity contribution < 1.29 is 9.53 Å². The van der Waals surface area contributed by atoms with Gasteiger partial charge < -0.3 is 10.1 Å². The normalized spacial score (nSPS) is 10.9. The number of hydrogen-bond donors (Lipinski definition) is 1. The number of anilines is 1. The highest BCUT2D eigenvalue weighted by molar-refractivity contribution is 6.42. The first kappa shape index (κ1) is 23.2. The molecular weight excluding hydrogens is 485 g/mol. The molecule has 0 saturated heterocycles. The van der Waals surface area contributed by atoms with Crippen LogP contribution in [-0.4, -0.2) is 25.5 Å². The van der Waals surface area contributed by atoms with Gasteiger partial charge in [-0.1, -0.05) is 40.9 Å². The number of halogens is 3. The Morgan fingerprint density at radius 2 is 1.76 bits per heavy atom. The molecule has 0 atom stereocenters. The van der Waals surface area contributed by atoms with E-state index >= 15 is 0 Å². The van der Waals surface area contributed by atoms with Crippen LogP contribution in [0.5, 0.6) is 5.75 Å². The first-order valence-electron chi connectivity index (χ1n) is 10.0. The Morgan fingerprint density at radius 3 is 2.48 bits per heavy atom. The third-order valence-corrected chi connectivity index (χ3v) is 6.04. The zero-order valence-corrected chi connectivity index (χ0v) is 20.1. The van der Waals surface area contributed by atoms with Crippen LogP contribution >= 0.6 is 34.8 Å². The molecule has 0 aliphatic carbocycles. The average molecular weight is 505 g/mol. The molecule has 2 aromatic heterocycles. The van der Waals surface area contributed by atoms with Crippen molar-refractivity contribution >= 4 is 46.4 Å². The predicted molar refractivity (Wildman–Crippen MR) is 130 cm³/mol. The fourth-order valence-electron chi connectivity index (χ4n) is 3.32. The van der Waals surface area contributed by atoms with Gasteiger partial charge in [0.2, 0.25) is 0 Å². The zero-order valence-electron chi connectivity index (χ0n) is 17.8. The summed E-state index contributed by atoms with van der Waals surface area (Å²) in [6, 6.07) is 14.0. The van der Waals surface area contributed by atoms with E-state index in [1.165, 1.54) is 4.68 Å². The molecule has 2 heterocycles. The zero-order chi connectivity index (χ0) is 23.5. The monoisotopic (exact) mass is 503 g/mol. The van der Waals surface area contributed by atoms with Crippen LogP contribution in [0.3, 0.4) is 0 Å². The molecule has 10 heteroatoms. The first-order valence-corrected chi connectivity index (χ1v) is 11.1. The quantitative estimate of drug-likeness (QED) is 0.335. The van der Waals surface area contributed by atoms with Gasteiger partial charge in [-0.05, 0) is 61.9 Å². The van der Waals surface area contributed by atoms with Gasteiger partial charge in [-0.25, -0.2) is 4.68 Å². The van der Waals surface area contributed by atoms with Crippen LogP contribution in [0.25, 0.3) is 0 Å². The van der Waals surface area contributed by atoms with Gasteiger partial charge in [0.25, 0.3) is 5.91 Å². The fraction of sp³-hybridized carbons (Fsp3) is 0.174. The van der Waals surface area contributed by atoms with Crippen LogP contribution in [0.15, 0.2) is 54.7 Å². The molecule has 4 rings (SSSR count). The highest BCUT2D eigenvalue weighted by Gasteiger charge is 2.18. The van der Waals surface area contributed by atoms with Gasteiger partial charge in [0, 0.05) is 11.2 Å². The lowest BCUT2D eigenvalue weighted by molar-refractivity contribution is 0.100. The summed E-state index contributed by atoms with van der Waals surface area (Å²) >= 11 is 18.0. The van der Waals surface area contributed by atoms with E-state index in [4.69, 9.17) is 39.5 Å². The minimum atomic E-state index is -0.313. The van der Waals surface area contributed by atoms with Gasteiger partial charge in [-0.15, -0.1) is 0 Å². The third kappa shape index (κ3) is 5.33. The number of carbonyl (C=O) groups is 1. The van der Waals surface area contributed by atoms with Crippen LogP contribution in [-0.2, 0) is 13.3 Å². The molecule has 33 heavy (non-hydrogen) atoms. The Hall–Kier alpha value is -3.00. The van der Waals surface area contributed by atoms with Crippen LogP contribution in [0.1, 0.15) is 27.4 Å². The second-order valence-corrected chi connectivity index (χ2v) is 8.60. The SMILES string of the molecule is Cc1nn(Cc2ccc(Cl)c(Cl)c2)c(C)c1NC(=O)c1ccnn1COc1ccc(Cl)cc1. The largest absolute Gasteiger partial charge is 0.471 e. The van der Waals surface area contributed by atoms with E-state index in [1.54, 1.807) is 48.7 Å². The molecule has 4 aromatic rings. The number of rotatable bonds is 7. The molecule has 0 bridgehead atoms. The average Bonchev–Trinajstić information content (AvgIpc) is 3.36. The molecule has 0 radical (unpaired) electrons. The van der Waals surface area contributed by atoms with Crippen LogP contribution in [0.2, 0.25) is 15.1 Å². The maximum Gasteiger partial charge on any atom is 0.274 e. The number of aromatic nitrogens is 4. The van der Waals surface area contributed by atoms with Gasteiger partial charge in [0.1, 0.15) is 11.4 Å². The highest BCUT2D eigenvalue weighted by atomic mass is 35.5. The van der Waals surface area contributed by atoms with Crippen molar-refractivity contribution in [2.24, 2.45) is 0 Å². The van der Waals surface area contributed by atoms with Crippen molar-refractivity contribution in [1.82, 2.24) is 19.6 Å². The van der Waals surface area contributed by atoms with Gasteiger partial charge in [0.05, 0.1) is 33.7 Å². The summed E-state index contributed by atoms with van der Waals surface area (Å²) in [6.07, 6.45) is 1.55. The van der Waals surface area contributed by atoms with Crippen molar-refractivity contribution in [2.75, 3.05) is 5.32 Å². The standard InChI is InChI=1S/C23H20Cl3N5O2/c1-14-22(15(2)30(29-14)12-16-3-8-19(25)20(26)11-16)28-23(32)21-9-10-27-31(21)13-33-18-6-4-17(24)5-7-18/h3-11H,12-13H2,1-2H3,(H,28,32). The number of benzene rings is 2. The minimum absolute atomic E-state index is 0.0753. The van der Waals surface area contributed by atoms with Crippen LogP contribution in [0.4, 0.5) is 5.69 Å². The van der Waals surface area contributed by atoms with Crippen molar-refractivity contribution in [3.05, 3.63) is 92.4 Å². The minimum Gasteiger partial charge on any atom is -0.471 e. The summed E-state index contributed by atoms with van der Waals surface area (Å²) < 4.78 is 9.00. The maximum absolute atomic E-state index is 13.0. The van der Waals surface area contributed by atoms with Gasteiger partial charge >= 0.3 is 0 Å². The number of nitrogens with zero attached hydrogens (tertiary/aromatic N) is 4. The van der Waals surface area contributed by atoms with Crippen molar-refractivity contribution in [1.29, 1.82) is 0 Å². The Balaban J connectivity index is 1.47. The number of ether oxygens (including phenoxy) is 1. The van der Waals surface area contributed by atoms with E-state index in [2.05, 4.69) is 15.5 Å². The second kappa shape index (κ2) is 9.87. The Morgan fingerprint density at radius 1 is 1.00 bits per heavy atom. The smallest absolute Gasteiger partial charge is 0.274 e. The molecule has 0 unspecified atom stereocenters. The molecule has 0 saturated carbocycles. The Labute approximate surface area is 205 Å². The van der Waals surface area contributed by atoms with Crippen molar-refractivity contribution in [3.8, 4) is 5.75 Å². The summed E-state index contributed by atoms with van der Waals surface area (Å²) in [5, 5.41) is 13.3. The molecule has 0 spiro atoms. The summed E-state index contributed by atoms with van der Waals surface area (Å²) in [7, 11) is 0. The second-order valence-electron chi connectivity index (χ2n) is 7.35. The molecule has 0 fully saturated rings. The van der Waals surface area contributed by atoms with Crippen LogP contribution < -0.4 is 10.1 Å². The summed E-state index contributed by atoms with van der Waals surface area (Å²) in [6.45, 7) is 4.31. The molecular formula is C23H20Cl3N5O2. The van der Waals surface area contributed by atoms with E-state index in [-0.39, 0.29) is 12.6 Å². The lowest BCUT2D eigenvalue weighted by atomic mass is 10.2. The number of carbonyl (C=O) groups excluding carboxylic acids is 1. The molecule has 2 aromatic carbocycles. The van der Waals surface area contributed by atoms with E-state index in [0.717, 1.165) is 11.3 Å². The molecule has 0 aliphatic rings. The van der Waals surface area contributed by atoms with Crippen LogP contribution in [0, 0.1) is 13.8 Å². The molecule has 170 valence electrons. The van der Waals surface area contributed by atoms with Gasteiger partial charge in [-0.3, -0.25) is 9.48 Å². The number of aryl methyl sites for hydroxylation is 1. The number of hydrogen-bond acceptors (Lipinski definition) is 4. The van der Waals surface area contributed by atoms with E-state index in [0.29, 0.717) is 44.4 Å². The topological polar surface area (TPSA) is 74.0 Å².